The van der Waals surface area contributed by atoms with E-state index >= 15 is 0 Å². The third-order valence-corrected chi connectivity index (χ3v) is 8.45. The standard InChI is InChI=1S/C25H35N5O2/c1-16-13-26-9-10-29(16)23(31)12-19-15-30-21(5-4-6-22(30)28-19)24(32)27-14-17-7-8-18-11-20(17)25(18,2)3/h4-6,15-18,20,26H,7-14H2,1-3H3,(H,27,32)/t16-,17-,18+,20+/m0/s1. The highest BCUT2D eigenvalue weighted by atomic mass is 16.2. The minimum absolute atomic E-state index is 0.0687. The second-order valence-corrected chi connectivity index (χ2v) is 10.6. The van der Waals surface area contributed by atoms with E-state index in [0.29, 0.717) is 28.4 Å². The Morgan fingerprint density at radius 1 is 1.28 bits per heavy atom. The van der Waals surface area contributed by atoms with Crippen molar-refractivity contribution in [1.82, 2.24) is 24.9 Å². The molecule has 0 unspecified atom stereocenters. The van der Waals surface area contributed by atoms with Crippen LogP contribution in [-0.2, 0) is 11.2 Å². The second kappa shape index (κ2) is 8.18. The van der Waals surface area contributed by atoms with Gasteiger partial charge in [0.15, 0.2) is 0 Å². The largest absolute Gasteiger partial charge is 0.350 e. The summed E-state index contributed by atoms with van der Waals surface area (Å²) in [4.78, 5) is 32.4. The number of nitrogens with zero attached hydrogens (tertiary/aromatic N) is 3. The first-order valence-electron chi connectivity index (χ1n) is 12.1. The molecule has 7 heteroatoms. The molecule has 1 saturated heterocycles. The van der Waals surface area contributed by atoms with Crippen LogP contribution in [0, 0.1) is 23.2 Å². The molecular formula is C25H35N5O2. The van der Waals surface area contributed by atoms with Crippen molar-refractivity contribution in [3.63, 3.8) is 0 Å². The van der Waals surface area contributed by atoms with Gasteiger partial charge in [0.1, 0.15) is 11.3 Å². The average molecular weight is 438 g/mol. The molecule has 1 aliphatic heterocycles. The molecule has 2 aromatic heterocycles. The minimum Gasteiger partial charge on any atom is -0.350 e. The first kappa shape index (κ1) is 21.4. The summed E-state index contributed by atoms with van der Waals surface area (Å²) >= 11 is 0. The van der Waals surface area contributed by atoms with E-state index in [1.807, 2.05) is 33.7 Å². The van der Waals surface area contributed by atoms with Crippen LogP contribution in [-0.4, -0.2) is 58.3 Å². The lowest BCUT2D eigenvalue weighted by atomic mass is 9.45. The van der Waals surface area contributed by atoms with E-state index in [-0.39, 0.29) is 24.3 Å². The number of pyridine rings is 1. The molecule has 3 aliphatic carbocycles. The number of carbonyl (C=O) groups excluding carboxylic acids is 2. The Balaban J connectivity index is 1.27. The van der Waals surface area contributed by atoms with Gasteiger partial charge >= 0.3 is 0 Å². The molecule has 0 aromatic carbocycles. The molecule has 7 nitrogen and oxygen atoms in total. The number of nitrogens with one attached hydrogen (secondary N) is 2. The summed E-state index contributed by atoms with van der Waals surface area (Å²) in [6.45, 7) is 9.93. The van der Waals surface area contributed by atoms with Gasteiger partial charge in [0.2, 0.25) is 5.91 Å². The topological polar surface area (TPSA) is 78.7 Å². The van der Waals surface area contributed by atoms with Crippen molar-refractivity contribution < 1.29 is 9.59 Å². The van der Waals surface area contributed by atoms with Gasteiger partial charge in [-0.05, 0) is 61.5 Å². The van der Waals surface area contributed by atoms with E-state index in [9.17, 15) is 9.59 Å². The third-order valence-electron chi connectivity index (χ3n) is 8.45. The van der Waals surface area contributed by atoms with Gasteiger partial charge in [0, 0.05) is 38.4 Å². The van der Waals surface area contributed by atoms with Gasteiger partial charge in [-0.2, -0.15) is 0 Å². The van der Waals surface area contributed by atoms with E-state index < -0.39 is 0 Å². The monoisotopic (exact) mass is 437 g/mol. The minimum atomic E-state index is -0.0687. The van der Waals surface area contributed by atoms with Crippen LogP contribution in [0.1, 0.15) is 56.2 Å². The molecule has 2 N–H and O–H groups in total. The van der Waals surface area contributed by atoms with Crippen molar-refractivity contribution in [2.45, 2.75) is 52.5 Å². The van der Waals surface area contributed by atoms with Crippen LogP contribution in [0.15, 0.2) is 24.4 Å². The number of rotatable bonds is 5. The van der Waals surface area contributed by atoms with Crippen LogP contribution in [0.3, 0.4) is 0 Å². The fourth-order valence-corrected chi connectivity index (χ4v) is 6.32. The number of aromatic nitrogens is 2. The zero-order valence-corrected chi connectivity index (χ0v) is 19.4. The zero-order chi connectivity index (χ0) is 22.5. The fraction of sp³-hybridized carbons (Fsp3) is 0.640. The maximum absolute atomic E-state index is 13.1. The Kier molecular flexibility index (Phi) is 5.48. The summed E-state index contributed by atoms with van der Waals surface area (Å²) in [6.07, 6.45) is 5.91. The smallest absolute Gasteiger partial charge is 0.268 e. The number of hydrogen-bond acceptors (Lipinski definition) is 4. The lowest BCUT2D eigenvalue weighted by molar-refractivity contribution is -0.133. The molecule has 2 bridgehead atoms. The normalized spacial score (nSPS) is 28.9. The van der Waals surface area contributed by atoms with Crippen LogP contribution < -0.4 is 10.6 Å². The van der Waals surface area contributed by atoms with Gasteiger partial charge < -0.3 is 15.5 Å². The molecule has 4 aliphatic rings. The van der Waals surface area contributed by atoms with Crippen molar-refractivity contribution in [2.24, 2.45) is 23.2 Å². The highest BCUT2D eigenvalue weighted by Gasteiger charge is 2.53. The number of fused-ring (bicyclic) bond motifs is 3. The van der Waals surface area contributed by atoms with Crippen LogP contribution >= 0.6 is 0 Å². The molecular weight excluding hydrogens is 402 g/mol. The molecule has 6 rings (SSSR count). The number of imidazole rings is 1. The summed E-state index contributed by atoms with van der Waals surface area (Å²) < 4.78 is 1.82. The van der Waals surface area contributed by atoms with E-state index in [2.05, 4.69) is 36.4 Å². The lowest BCUT2D eigenvalue weighted by Gasteiger charge is -2.60. The summed E-state index contributed by atoms with van der Waals surface area (Å²) in [5.74, 6) is 2.17. The van der Waals surface area contributed by atoms with Crippen molar-refractivity contribution in [2.75, 3.05) is 26.2 Å². The molecule has 2 amide bonds. The van der Waals surface area contributed by atoms with Crippen LogP contribution in [0.25, 0.3) is 5.65 Å². The Hall–Kier alpha value is -2.41. The molecule has 32 heavy (non-hydrogen) atoms. The van der Waals surface area contributed by atoms with Gasteiger partial charge in [0.05, 0.1) is 12.1 Å². The maximum atomic E-state index is 13.1. The zero-order valence-electron chi connectivity index (χ0n) is 19.4. The molecule has 0 spiro atoms. The molecule has 3 heterocycles. The fourth-order valence-electron chi connectivity index (χ4n) is 6.32. The first-order chi connectivity index (χ1) is 15.3. The third kappa shape index (κ3) is 3.70. The quantitative estimate of drug-likeness (QED) is 0.753. The van der Waals surface area contributed by atoms with Gasteiger partial charge in [-0.1, -0.05) is 19.9 Å². The van der Waals surface area contributed by atoms with Crippen LogP contribution in [0.2, 0.25) is 0 Å². The van der Waals surface area contributed by atoms with Crippen LogP contribution in [0.5, 0.6) is 0 Å². The lowest BCUT2D eigenvalue weighted by Crippen LogP contribution is -2.54. The molecule has 2 aromatic rings. The Bertz CT molecular complexity index is 1030. The molecule has 4 fully saturated rings. The Labute approximate surface area is 190 Å². The highest BCUT2D eigenvalue weighted by molar-refractivity contribution is 5.93. The SMILES string of the molecule is C[C@H]1CNCCN1C(=O)Cc1cn2c(C(=O)NC[C@@H]3CC[C@@H]4C[C@H]3C4(C)C)cccc2n1. The number of piperazine rings is 1. The van der Waals surface area contributed by atoms with Gasteiger partial charge in [0.25, 0.3) is 5.91 Å². The highest BCUT2D eigenvalue weighted by Crippen LogP contribution is 2.61. The predicted molar refractivity (Wildman–Crippen MR) is 123 cm³/mol. The van der Waals surface area contributed by atoms with Crippen molar-refractivity contribution in [3.05, 3.63) is 35.8 Å². The number of hydrogen-bond donors (Lipinski definition) is 2. The van der Waals surface area contributed by atoms with Crippen molar-refractivity contribution in [1.29, 1.82) is 0 Å². The molecule has 0 radical (unpaired) electrons. The Morgan fingerprint density at radius 3 is 2.88 bits per heavy atom. The Morgan fingerprint density at radius 2 is 2.12 bits per heavy atom. The summed E-state index contributed by atoms with van der Waals surface area (Å²) in [5, 5.41) is 6.50. The number of amides is 2. The first-order valence-corrected chi connectivity index (χ1v) is 12.1. The van der Waals surface area contributed by atoms with Gasteiger partial charge in [-0.3, -0.25) is 14.0 Å². The average Bonchev–Trinajstić information content (AvgIpc) is 3.20. The van der Waals surface area contributed by atoms with Crippen molar-refractivity contribution >= 4 is 17.5 Å². The van der Waals surface area contributed by atoms with E-state index in [0.717, 1.165) is 38.0 Å². The van der Waals surface area contributed by atoms with Crippen LogP contribution in [0.4, 0.5) is 0 Å². The van der Waals surface area contributed by atoms with Crippen molar-refractivity contribution in [3.8, 4) is 0 Å². The molecule has 172 valence electrons. The molecule has 3 saturated carbocycles. The van der Waals surface area contributed by atoms with Gasteiger partial charge in [-0.25, -0.2) is 4.98 Å². The summed E-state index contributed by atoms with van der Waals surface area (Å²) in [7, 11) is 0. The predicted octanol–water partition coefficient (Wildman–Crippen LogP) is 2.50. The summed E-state index contributed by atoms with van der Waals surface area (Å²) in [6, 6.07) is 5.76. The number of carbonyl (C=O) groups is 2. The van der Waals surface area contributed by atoms with E-state index in [1.165, 1.54) is 19.3 Å². The summed E-state index contributed by atoms with van der Waals surface area (Å²) in [5.41, 5.74) is 2.40. The maximum Gasteiger partial charge on any atom is 0.268 e. The second-order valence-electron chi connectivity index (χ2n) is 10.6. The molecule has 4 atom stereocenters. The van der Waals surface area contributed by atoms with Gasteiger partial charge in [-0.15, -0.1) is 0 Å². The van der Waals surface area contributed by atoms with E-state index in [4.69, 9.17) is 0 Å². The van der Waals surface area contributed by atoms with E-state index in [1.54, 1.807) is 0 Å².